The number of carbonyl (C=O) groups is 2. The maximum atomic E-state index is 12.0. The van der Waals surface area contributed by atoms with Crippen LogP contribution in [-0.2, 0) is 9.53 Å². The van der Waals surface area contributed by atoms with E-state index < -0.39 is 0 Å². The molecule has 0 aliphatic carbocycles. The van der Waals surface area contributed by atoms with Crippen LogP contribution in [-0.4, -0.2) is 43.6 Å². The lowest BCUT2D eigenvalue weighted by Crippen LogP contribution is -2.58. The molecule has 6 heteroatoms. The molecule has 0 aromatic heterocycles. The summed E-state index contributed by atoms with van der Waals surface area (Å²) < 4.78 is 4.75. The van der Waals surface area contributed by atoms with Gasteiger partial charge in [0.1, 0.15) is 6.10 Å². The average molecular weight is 269 g/mol. The third-order valence-corrected chi connectivity index (χ3v) is 3.12. The highest BCUT2D eigenvalue weighted by atomic mass is 35.5. The van der Waals surface area contributed by atoms with Gasteiger partial charge >= 0.3 is 6.03 Å². The summed E-state index contributed by atoms with van der Waals surface area (Å²) in [7, 11) is 1.69. The molecule has 0 bridgehead atoms. The van der Waals surface area contributed by atoms with Crippen LogP contribution in [0.5, 0.6) is 0 Å². The largest absolute Gasteiger partial charge is 0.461 e. The Labute approximate surface area is 110 Å². The fourth-order valence-electron chi connectivity index (χ4n) is 1.75. The van der Waals surface area contributed by atoms with E-state index in [0.29, 0.717) is 24.6 Å². The number of nitrogens with zero attached hydrogens (tertiary/aromatic N) is 2. The number of anilines is 1. The Bertz CT molecular complexity index is 443. The first kappa shape index (κ1) is 12.7. The maximum absolute atomic E-state index is 12.0. The van der Waals surface area contributed by atoms with Crippen LogP contribution in [0.15, 0.2) is 24.3 Å². The molecule has 0 unspecified atom stereocenters. The number of rotatable bonds is 3. The van der Waals surface area contributed by atoms with Crippen LogP contribution in [0, 0.1) is 0 Å². The smallest absolute Gasteiger partial charge is 0.324 e. The third kappa shape index (κ3) is 2.56. The Morgan fingerprint density at radius 3 is 2.61 bits per heavy atom. The lowest BCUT2D eigenvalue weighted by Gasteiger charge is -2.39. The highest BCUT2D eigenvalue weighted by Crippen LogP contribution is 2.20. The summed E-state index contributed by atoms with van der Waals surface area (Å²) >= 11 is 5.79. The van der Waals surface area contributed by atoms with Crippen LogP contribution in [0.1, 0.15) is 0 Å². The molecule has 0 N–H and O–H groups in total. The number of hydrogen-bond donors (Lipinski definition) is 0. The fourth-order valence-corrected chi connectivity index (χ4v) is 1.87. The molecule has 1 heterocycles. The summed E-state index contributed by atoms with van der Waals surface area (Å²) in [5, 5.41) is 0.628. The molecule has 96 valence electrons. The number of urea groups is 1. The van der Waals surface area contributed by atoms with Crippen molar-refractivity contribution in [2.45, 2.75) is 6.10 Å². The summed E-state index contributed by atoms with van der Waals surface area (Å²) in [5.74, 6) is 0. The number of likely N-dealkylation sites (tertiary alicyclic amines) is 1. The zero-order chi connectivity index (χ0) is 13.1. The Kier molecular flexibility index (Phi) is 3.72. The van der Waals surface area contributed by atoms with Gasteiger partial charge in [0.15, 0.2) is 0 Å². The lowest BCUT2D eigenvalue weighted by molar-refractivity contribution is -0.139. The fraction of sp³-hybridized carbons (Fsp3) is 0.333. The summed E-state index contributed by atoms with van der Waals surface area (Å²) in [6.07, 6.45) is -0.176. The van der Waals surface area contributed by atoms with Gasteiger partial charge in [0, 0.05) is 17.8 Å². The van der Waals surface area contributed by atoms with E-state index in [1.807, 2.05) is 0 Å². The summed E-state index contributed by atoms with van der Waals surface area (Å²) in [5.41, 5.74) is 0.768. The summed E-state index contributed by atoms with van der Waals surface area (Å²) in [6.45, 7) is 1.29. The van der Waals surface area contributed by atoms with Crippen molar-refractivity contribution in [1.82, 2.24) is 4.90 Å². The molecule has 1 aromatic carbocycles. The zero-order valence-corrected chi connectivity index (χ0v) is 10.6. The van der Waals surface area contributed by atoms with E-state index in [0.717, 1.165) is 5.69 Å². The number of benzene rings is 1. The molecular formula is C12H13ClN2O3. The molecule has 1 aliphatic heterocycles. The number of hydrogen-bond acceptors (Lipinski definition) is 3. The minimum Gasteiger partial charge on any atom is -0.461 e. The minimum atomic E-state index is -0.176. The first-order valence-corrected chi connectivity index (χ1v) is 5.87. The van der Waals surface area contributed by atoms with Crippen molar-refractivity contribution < 1.29 is 14.3 Å². The van der Waals surface area contributed by atoms with Crippen molar-refractivity contribution in [3.63, 3.8) is 0 Å². The van der Waals surface area contributed by atoms with Crippen molar-refractivity contribution in [2.24, 2.45) is 0 Å². The lowest BCUT2D eigenvalue weighted by atomic mass is 10.2. The molecule has 1 fully saturated rings. The SMILES string of the molecule is CN(C(=O)N1CC(OC=O)C1)c1ccc(Cl)cc1. The second kappa shape index (κ2) is 5.27. The molecule has 1 saturated heterocycles. The van der Waals surface area contributed by atoms with Gasteiger partial charge in [-0.15, -0.1) is 0 Å². The first-order chi connectivity index (χ1) is 8.61. The Hall–Kier alpha value is -1.75. The number of ether oxygens (including phenoxy) is 1. The van der Waals surface area contributed by atoms with Crippen LogP contribution in [0.2, 0.25) is 5.02 Å². The van der Waals surface area contributed by atoms with E-state index in [4.69, 9.17) is 16.3 Å². The van der Waals surface area contributed by atoms with Gasteiger partial charge in [-0.25, -0.2) is 4.79 Å². The minimum absolute atomic E-state index is 0.122. The van der Waals surface area contributed by atoms with E-state index in [2.05, 4.69) is 0 Å². The van der Waals surface area contributed by atoms with Crippen LogP contribution in [0.4, 0.5) is 10.5 Å². The van der Waals surface area contributed by atoms with Crippen LogP contribution < -0.4 is 4.90 Å². The van der Waals surface area contributed by atoms with Gasteiger partial charge < -0.3 is 9.64 Å². The second-order valence-corrected chi connectivity index (χ2v) is 4.51. The van der Waals surface area contributed by atoms with E-state index in [-0.39, 0.29) is 12.1 Å². The van der Waals surface area contributed by atoms with E-state index in [1.165, 1.54) is 4.90 Å². The molecule has 1 aliphatic rings. The van der Waals surface area contributed by atoms with Gasteiger partial charge in [-0.05, 0) is 24.3 Å². The van der Waals surface area contributed by atoms with E-state index in [9.17, 15) is 9.59 Å². The van der Waals surface area contributed by atoms with Crippen molar-refractivity contribution >= 4 is 29.8 Å². The van der Waals surface area contributed by atoms with Gasteiger partial charge in [-0.1, -0.05) is 11.6 Å². The maximum Gasteiger partial charge on any atom is 0.324 e. The Morgan fingerprint density at radius 2 is 2.06 bits per heavy atom. The standard InChI is InChI=1S/C12H13ClN2O3/c1-14(10-4-2-9(13)3-5-10)12(17)15-6-11(7-15)18-8-16/h2-5,8,11H,6-7H2,1H3. The summed E-state index contributed by atoms with van der Waals surface area (Å²) in [6, 6.07) is 6.89. The van der Waals surface area contributed by atoms with Gasteiger partial charge in [0.2, 0.25) is 0 Å². The van der Waals surface area contributed by atoms with Gasteiger partial charge in [0.25, 0.3) is 6.47 Å². The molecule has 2 amide bonds. The zero-order valence-electron chi connectivity index (χ0n) is 9.88. The summed E-state index contributed by atoms with van der Waals surface area (Å²) in [4.78, 5) is 25.3. The van der Waals surface area contributed by atoms with Crippen molar-refractivity contribution in [2.75, 3.05) is 25.0 Å². The van der Waals surface area contributed by atoms with Gasteiger partial charge in [-0.2, -0.15) is 0 Å². The predicted octanol–water partition coefficient (Wildman–Crippen LogP) is 1.75. The Balaban J connectivity index is 1.94. The molecule has 0 radical (unpaired) electrons. The van der Waals surface area contributed by atoms with Crippen molar-refractivity contribution in [3.05, 3.63) is 29.3 Å². The molecule has 0 atom stereocenters. The molecule has 1 aromatic rings. The van der Waals surface area contributed by atoms with Crippen LogP contribution in [0.3, 0.4) is 0 Å². The van der Waals surface area contributed by atoms with Gasteiger partial charge in [0.05, 0.1) is 13.1 Å². The van der Waals surface area contributed by atoms with E-state index >= 15 is 0 Å². The molecule has 2 rings (SSSR count). The van der Waals surface area contributed by atoms with Gasteiger partial charge in [-0.3, -0.25) is 9.69 Å². The highest BCUT2D eigenvalue weighted by molar-refractivity contribution is 6.30. The molecule has 5 nitrogen and oxygen atoms in total. The number of halogens is 1. The van der Waals surface area contributed by atoms with Crippen molar-refractivity contribution in [3.8, 4) is 0 Å². The topological polar surface area (TPSA) is 49.9 Å². The Morgan fingerprint density at radius 1 is 1.44 bits per heavy atom. The molecule has 18 heavy (non-hydrogen) atoms. The monoisotopic (exact) mass is 268 g/mol. The molecule has 0 spiro atoms. The number of amides is 2. The second-order valence-electron chi connectivity index (χ2n) is 4.08. The first-order valence-electron chi connectivity index (χ1n) is 5.49. The van der Waals surface area contributed by atoms with E-state index in [1.54, 1.807) is 36.2 Å². The quantitative estimate of drug-likeness (QED) is 0.785. The predicted molar refractivity (Wildman–Crippen MR) is 67.8 cm³/mol. The number of carbonyl (C=O) groups excluding carboxylic acids is 2. The van der Waals surface area contributed by atoms with Crippen LogP contribution in [0.25, 0.3) is 0 Å². The van der Waals surface area contributed by atoms with Crippen molar-refractivity contribution in [1.29, 1.82) is 0 Å². The average Bonchev–Trinajstić information content (AvgIpc) is 2.32. The van der Waals surface area contributed by atoms with Crippen LogP contribution >= 0.6 is 11.6 Å². The molecular weight excluding hydrogens is 256 g/mol. The normalized spacial score (nSPS) is 14.9. The molecule has 0 saturated carbocycles. The highest BCUT2D eigenvalue weighted by Gasteiger charge is 2.33. The third-order valence-electron chi connectivity index (χ3n) is 2.87.